The molecule has 0 radical (unpaired) electrons. The van der Waals surface area contributed by atoms with Crippen molar-refractivity contribution in [1.82, 2.24) is 29.5 Å². The fourth-order valence-electron chi connectivity index (χ4n) is 1.73. The number of aromatic nitrogens is 6. The van der Waals surface area contributed by atoms with Gasteiger partial charge in [-0.15, -0.1) is 0 Å². The molecular formula is C12H15N7S. The van der Waals surface area contributed by atoms with Crippen LogP contribution < -0.4 is 5.32 Å². The Morgan fingerprint density at radius 1 is 1.35 bits per heavy atom. The number of nitrogens with one attached hydrogen (secondary N) is 2. The fraction of sp³-hybridized carbons (Fsp3) is 0.333. The van der Waals surface area contributed by atoms with E-state index >= 15 is 0 Å². The number of H-pyrrole nitrogens is 1. The molecular weight excluding hydrogens is 274 g/mol. The van der Waals surface area contributed by atoms with Gasteiger partial charge in [-0.05, 0) is 18.2 Å². The van der Waals surface area contributed by atoms with Crippen LogP contribution in [0.15, 0.2) is 28.9 Å². The van der Waals surface area contributed by atoms with Crippen LogP contribution in [0.2, 0.25) is 0 Å². The van der Waals surface area contributed by atoms with Crippen molar-refractivity contribution in [1.29, 1.82) is 0 Å². The normalized spacial score (nSPS) is 11.1. The summed E-state index contributed by atoms with van der Waals surface area (Å²) in [6, 6.07) is 0. The van der Waals surface area contributed by atoms with Crippen molar-refractivity contribution in [3.63, 3.8) is 0 Å². The first-order valence-electron chi connectivity index (χ1n) is 6.38. The first-order valence-corrected chi connectivity index (χ1v) is 7.19. The highest BCUT2D eigenvalue weighted by Gasteiger charge is 2.13. The summed E-state index contributed by atoms with van der Waals surface area (Å²) in [6.45, 7) is 2.94. The molecule has 8 heteroatoms. The summed E-state index contributed by atoms with van der Waals surface area (Å²) < 4.78 is 1.95. The molecule has 0 bridgehead atoms. The first-order chi connectivity index (χ1) is 9.78. The van der Waals surface area contributed by atoms with E-state index in [-0.39, 0.29) is 0 Å². The van der Waals surface area contributed by atoms with Gasteiger partial charge in [-0.25, -0.2) is 15.0 Å². The standard InChI is InChI=1S/C12H15N7S/c1-3-4-13-11-17-9-8(15-7-16-9)10(18-11)20-12-14-5-6-19(12)2/h5-7H,3-4H2,1-2H3,(H2,13,15,16,17,18). The molecule has 0 aliphatic carbocycles. The van der Waals surface area contributed by atoms with E-state index in [0.29, 0.717) is 11.6 Å². The Labute approximate surface area is 120 Å². The molecule has 20 heavy (non-hydrogen) atoms. The van der Waals surface area contributed by atoms with Gasteiger partial charge in [-0.2, -0.15) is 4.98 Å². The number of rotatable bonds is 5. The summed E-state index contributed by atoms with van der Waals surface area (Å²) in [5, 5.41) is 4.89. The Kier molecular flexibility index (Phi) is 3.55. The van der Waals surface area contributed by atoms with Gasteiger partial charge in [0.05, 0.1) is 6.33 Å². The highest BCUT2D eigenvalue weighted by Crippen LogP contribution is 2.29. The minimum atomic E-state index is 0.600. The number of imidazole rings is 2. The fourth-order valence-corrected chi connectivity index (χ4v) is 2.61. The first kappa shape index (κ1) is 12.9. The minimum Gasteiger partial charge on any atom is -0.354 e. The van der Waals surface area contributed by atoms with E-state index in [1.54, 1.807) is 12.5 Å². The number of fused-ring (bicyclic) bond motifs is 1. The van der Waals surface area contributed by atoms with Crippen molar-refractivity contribution < 1.29 is 0 Å². The van der Waals surface area contributed by atoms with Gasteiger partial charge in [0.1, 0.15) is 10.5 Å². The predicted octanol–water partition coefficient (Wildman–Crippen LogP) is 2.06. The Bertz CT molecular complexity index is 717. The second-order valence-corrected chi connectivity index (χ2v) is 5.26. The number of aromatic amines is 1. The molecule has 0 atom stereocenters. The third-order valence-electron chi connectivity index (χ3n) is 2.75. The van der Waals surface area contributed by atoms with E-state index in [4.69, 9.17) is 0 Å². The molecule has 3 aromatic heterocycles. The van der Waals surface area contributed by atoms with Gasteiger partial charge in [0.25, 0.3) is 0 Å². The van der Waals surface area contributed by atoms with Gasteiger partial charge < -0.3 is 14.9 Å². The van der Waals surface area contributed by atoms with E-state index in [1.807, 2.05) is 17.8 Å². The maximum atomic E-state index is 4.54. The lowest BCUT2D eigenvalue weighted by molar-refractivity contribution is 0.789. The van der Waals surface area contributed by atoms with Gasteiger partial charge in [0.15, 0.2) is 10.8 Å². The molecule has 104 valence electrons. The predicted molar refractivity (Wildman–Crippen MR) is 77.8 cm³/mol. The third kappa shape index (κ3) is 2.46. The molecule has 0 amide bonds. The summed E-state index contributed by atoms with van der Waals surface area (Å²) in [5.41, 5.74) is 1.50. The highest BCUT2D eigenvalue weighted by atomic mass is 32.2. The van der Waals surface area contributed by atoms with Crippen molar-refractivity contribution >= 4 is 28.9 Å². The lowest BCUT2D eigenvalue weighted by Crippen LogP contribution is -2.05. The van der Waals surface area contributed by atoms with Crippen molar-refractivity contribution in [2.45, 2.75) is 23.5 Å². The quantitative estimate of drug-likeness (QED) is 0.699. The molecule has 0 saturated carbocycles. The Morgan fingerprint density at radius 3 is 3.00 bits per heavy atom. The molecule has 0 fully saturated rings. The molecule has 0 aliphatic rings. The molecule has 0 saturated heterocycles. The summed E-state index contributed by atoms with van der Waals surface area (Å²) in [6.07, 6.45) is 6.32. The van der Waals surface area contributed by atoms with E-state index in [2.05, 4.69) is 37.2 Å². The van der Waals surface area contributed by atoms with Crippen molar-refractivity contribution in [2.24, 2.45) is 7.05 Å². The van der Waals surface area contributed by atoms with Crippen LogP contribution in [0.1, 0.15) is 13.3 Å². The maximum absolute atomic E-state index is 4.54. The third-order valence-corrected chi connectivity index (χ3v) is 3.82. The lowest BCUT2D eigenvalue weighted by atomic mass is 10.5. The van der Waals surface area contributed by atoms with Gasteiger partial charge in [-0.3, -0.25) is 0 Å². The van der Waals surface area contributed by atoms with Crippen molar-refractivity contribution in [3.05, 3.63) is 18.7 Å². The smallest absolute Gasteiger partial charge is 0.225 e. The number of nitrogens with zero attached hydrogens (tertiary/aromatic N) is 5. The summed E-state index contributed by atoms with van der Waals surface area (Å²) >= 11 is 1.49. The maximum Gasteiger partial charge on any atom is 0.225 e. The number of aryl methyl sites for hydroxylation is 1. The topological polar surface area (TPSA) is 84.3 Å². The van der Waals surface area contributed by atoms with E-state index in [0.717, 1.165) is 28.7 Å². The molecule has 3 aromatic rings. The van der Waals surface area contributed by atoms with E-state index < -0.39 is 0 Å². The number of anilines is 1. The van der Waals surface area contributed by atoms with Gasteiger partial charge in [-0.1, -0.05) is 6.92 Å². The zero-order valence-corrected chi connectivity index (χ0v) is 12.1. The lowest BCUT2D eigenvalue weighted by Gasteiger charge is -2.06. The zero-order valence-electron chi connectivity index (χ0n) is 11.3. The van der Waals surface area contributed by atoms with Crippen LogP contribution in [0.5, 0.6) is 0 Å². The second kappa shape index (κ2) is 5.49. The molecule has 3 heterocycles. The molecule has 7 nitrogen and oxygen atoms in total. The Morgan fingerprint density at radius 2 is 2.25 bits per heavy atom. The molecule has 2 N–H and O–H groups in total. The molecule has 0 aromatic carbocycles. The van der Waals surface area contributed by atoms with Crippen LogP contribution in [-0.2, 0) is 7.05 Å². The molecule has 0 spiro atoms. The average Bonchev–Trinajstić information content (AvgIpc) is 3.06. The van der Waals surface area contributed by atoms with Crippen LogP contribution in [0.3, 0.4) is 0 Å². The second-order valence-electron chi connectivity index (χ2n) is 4.30. The van der Waals surface area contributed by atoms with Crippen LogP contribution >= 0.6 is 11.8 Å². The Hall–Kier alpha value is -2.09. The van der Waals surface area contributed by atoms with Gasteiger partial charge >= 0.3 is 0 Å². The van der Waals surface area contributed by atoms with Crippen LogP contribution in [0.4, 0.5) is 5.95 Å². The largest absolute Gasteiger partial charge is 0.354 e. The highest BCUT2D eigenvalue weighted by molar-refractivity contribution is 7.99. The van der Waals surface area contributed by atoms with E-state index in [9.17, 15) is 0 Å². The SMILES string of the molecule is CCCNc1nc(Sc2nccn2C)c2[nH]cnc2n1. The van der Waals surface area contributed by atoms with Gasteiger partial charge in [0, 0.05) is 26.0 Å². The summed E-state index contributed by atoms with van der Waals surface area (Å²) in [7, 11) is 1.96. The monoisotopic (exact) mass is 289 g/mol. The molecule has 0 unspecified atom stereocenters. The minimum absolute atomic E-state index is 0.600. The van der Waals surface area contributed by atoms with Crippen LogP contribution in [0, 0.1) is 0 Å². The van der Waals surface area contributed by atoms with Crippen LogP contribution in [0.25, 0.3) is 11.2 Å². The average molecular weight is 289 g/mol. The van der Waals surface area contributed by atoms with Crippen LogP contribution in [-0.4, -0.2) is 36.0 Å². The number of hydrogen-bond donors (Lipinski definition) is 2. The van der Waals surface area contributed by atoms with E-state index in [1.165, 1.54) is 11.8 Å². The Balaban J connectivity index is 1.99. The zero-order chi connectivity index (χ0) is 13.9. The van der Waals surface area contributed by atoms with Crippen molar-refractivity contribution in [3.8, 4) is 0 Å². The summed E-state index contributed by atoms with van der Waals surface area (Å²) in [5.74, 6) is 0.600. The molecule has 3 rings (SSSR count). The van der Waals surface area contributed by atoms with Gasteiger partial charge in [0.2, 0.25) is 5.95 Å². The summed E-state index contributed by atoms with van der Waals surface area (Å²) in [4.78, 5) is 20.5. The van der Waals surface area contributed by atoms with Crippen molar-refractivity contribution in [2.75, 3.05) is 11.9 Å². The molecule has 0 aliphatic heterocycles. The number of hydrogen-bond acceptors (Lipinski definition) is 6.